The molecule has 0 fully saturated rings. The normalized spacial score (nSPS) is 11.1. The van der Waals surface area contributed by atoms with Crippen molar-refractivity contribution in [3.63, 3.8) is 0 Å². The molecule has 0 saturated carbocycles. The molecule has 0 aliphatic rings. The van der Waals surface area contributed by atoms with Crippen molar-refractivity contribution in [2.75, 3.05) is 22.3 Å². The van der Waals surface area contributed by atoms with Crippen molar-refractivity contribution < 1.29 is 13.2 Å². The molecule has 0 radical (unpaired) electrons. The highest BCUT2D eigenvalue weighted by atomic mass is 35.5. The van der Waals surface area contributed by atoms with Crippen molar-refractivity contribution in [2.45, 2.75) is 19.8 Å². The number of hydrogen-bond donors (Lipinski definition) is 3. The number of nitrogens with one attached hydrogen (secondary N) is 3. The summed E-state index contributed by atoms with van der Waals surface area (Å²) in [4.78, 5) is 12.0. The van der Waals surface area contributed by atoms with Gasteiger partial charge in [0.15, 0.2) is 0 Å². The zero-order valence-corrected chi connectivity index (χ0v) is 17.1. The number of rotatable bonds is 8. The lowest BCUT2D eigenvalue weighted by atomic mass is 10.1. The van der Waals surface area contributed by atoms with Crippen molar-refractivity contribution in [1.82, 2.24) is 5.32 Å². The maximum atomic E-state index is 12.0. The lowest BCUT2D eigenvalue weighted by Gasteiger charge is -2.10. The molecular formula is C18H21Cl2N3O3S. The van der Waals surface area contributed by atoms with E-state index in [1.54, 1.807) is 43.3 Å². The minimum atomic E-state index is -3.33. The zero-order valence-electron chi connectivity index (χ0n) is 14.8. The van der Waals surface area contributed by atoms with E-state index in [2.05, 4.69) is 15.4 Å². The van der Waals surface area contributed by atoms with Crippen LogP contribution in [0, 0.1) is 0 Å². The smallest absolute Gasteiger partial charge is 0.319 e. The molecule has 0 bridgehead atoms. The number of carbonyl (C=O) groups is 1. The summed E-state index contributed by atoms with van der Waals surface area (Å²) in [6.45, 7) is 2.20. The van der Waals surface area contributed by atoms with Gasteiger partial charge in [0.1, 0.15) is 0 Å². The maximum absolute atomic E-state index is 12.0. The van der Waals surface area contributed by atoms with Crippen molar-refractivity contribution >= 4 is 50.6 Å². The second-order valence-electron chi connectivity index (χ2n) is 5.86. The number of carbonyl (C=O) groups excluding carboxylic acids is 1. The average molecular weight is 430 g/mol. The second kappa shape index (κ2) is 9.82. The van der Waals surface area contributed by atoms with Gasteiger partial charge >= 0.3 is 6.03 Å². The molecule has 0 aromatic heterocycles. The van der Waals surface area contributed by atoms with Gasteiger partial charge in [-0.25, -0.2) is 13.2 Å². The first kappa shape index (κ1) is 21.3. The van der Waals surface area contributed by atoms with E-state index in [4.69, 9.17) is 23.2 Å². The Morgan fingerprint density at radius 1 is 1.04 bits per heavy atom. The van der Waals surface area contributed by atoms with Gasteiger partial charge in [0.05, 0.1) is 5.75 Å². The highest BCUT2D eigenvalue weighted by Crippen LogP contribution is 2.21. The van der Waals surface area contributed by atoms with Gasteiger partial charge in [-0.15, -0.1) is 0 Å². The second-order valence-corrected chi connectivity index (χ2v) is 8.55. The Balaban J connectivity index is 1.81. The molecule has 0 aliphatic heterocycles. The number of anilines is 2. The molecule has 0 spiro atoms. The Labute approximate surface area is 169 Å². The molecule has 3 N–H and O–H groups in total. The third-order valence-electron chi connectivity index (χ3n) is 3.58. The molecule has 2 aromatic rings. The summed E-state index contributed by atoms with van der Waals surface area (Å²) >= 11 is 11.9. The third kappa shape index (κ3) is 7.28. The minimum Gasteiger partial charge on any atom is -0.338 e. The van der Waals surface area contributed by atoms with E-state index in [-0.39, 0.29) is 11.8 Å². The van der Waals surface area contributed by atoms with Crippen LogP contribution in [0.15, 0.2) is 42.5 Å². The highest BCUT2D eigenvalue weighted by Gasteiger charge is 2.09. The topological polar surface area (TPSA) is 87.3 Å². The Bertz CT molecular complexity index is 887. The standard InChI is InChI=1S/C18H21Cl2N3O3S/c1-2-11-27(25,26)23-16-7-5-15(6-8-16)22-18(24)21-10-9-13-3-4-14(19)12-17(13)20/h3-8,12,23H,2,9-11H2,1H3,(H2,21,22,24). The molecular weight excluding hydrogens is 409 g/mol. The van der Waals surface area contributed by atoms with Gasteiger partial charge in [0.25, 0.3) is 0 Å². The molecule has 146 valence electrons. The molecule has 0 aliphatic carbocycles. The van der Waals surface area contributed by atoms with Crippen LogP contribution in [-0.4, -0.2) is 26.7 Å². The monoisotopic (exact) mass is 429 g/mol. The van der Waals surface area contributed by atoms with E-state index in [1.165, 1.54) is 0 Å². The van der Waals surface area contributed by atoms with Gasteiger partial charge in [0, 0.05) is 28.0 Å². The summed E-state index contributed by atoms with van der Waals surface area (Å²) in [5.74, 6) is 0.0625. The lowest BCUT2D eigenvalue weighted by molar-refractivity contribution is 0.252. The Kier molecular flexibility index (Phi) is 7.77. The fourth-order valence-electron chi connectivity index (χ4n) is 2.33. The third-order valence-corrected chi connectivity index (χ3v) is 5.66. The molecule has 27 heavy (non-hydrogen) atoms. The number of amides is 2. The van der Waals surface area contributed by atoms with E-state index >= 15 is 0 Å². The predicted molar refractivity (Wildman–Crippen MR) is 111 cm³/mol. The van der Waals surface area contributed by atoms with Crippen molar-refractivity contribution in [1.29, 1.82) is 0 Å². The van der Waals surface area contributed by atoms with Gasteiger partial charge in [-0.05, 0) is 54.8 Å². The van der Waals surface area contributed by atoms with E-state index < -0.39 is 10.0 Å². The van der Waals surface area contributed by atoms with Gasteiger partial charge in [-0.3, -0.25) is 4.72 Å². The number of hydrogen-bond acceptors (Lipinski definition) is 3. The van der Waals surface area contributed by atoms with Crippen molar-refractivity contribution in [3.8, 4) is 0 Å². The van der Waals surface area contributed by atoms with Gasteiger partial charge in [0.2, 0.25) is 10.0 Å². The lowest BCUT2D eigenvalue weighted by Crippen LogP contribution is -2.30. The summed E-state index contributed by atoms with van der Waals surface area (Å²) in [5, 5.41) is 6.55. The summed E-state index contributed by atoms with van der Waals surface area (Å²) in [5.41, 5.74) is 1.90. The summed E-state index contributed by atoms with van der Waals surface area (Å²) in [6, 6.07) is 11.3. The van der Waals surface area contributed by atoms with Crippen LogP contribution < -0.4 is 15.4 Å². The van der Waals surface area contributed by atoms with Crippen LogP contribution in [0.25, 0.3) is 0 Å². The molecule has 0 saturated heterocycles. The van der Waals surface area contributed by atoms with Crippen LogP contribution in [0.5, 0.6) is 0 Å². The van der Waals surface area contributed by atoms with Crippen LogP contribution in [0.1, 0.15) is 18.9 Å². The first-order valence-corrected chi connectivity index (χ1v) is 10.8. The highest BCUT2D eigenvalue weighted by molar-refractivity contribution is 7.92. The Morgan fingerprint density at radius 2 is 1.70 bits per heavy atom. The van der Waals surface area contributed by atoms with Crippen molar-refractivity contribution in [2.24, 2.45) is 0 Å². The average Bonchev–Trinajstić information content (AvgIpc) is 2.58. The van der Waals surface area contributed by atoms with Gasteiger partial charge in [-0.2, -0.15) is 0 Å². The molecule has 6 nitrogen and oxygen atoms in total. The first-order valence-electron chi connectivity index (χ1n) is 8.38. The summed E-state index contributed by atoms with van der Waals surface area (Å²) in [6.07, 6.45) is 1.11. The molecule has 2 amide bonds. The quantitative estimate of drug-likeness (QED) is 0.576. The molecule has 2 rings (SSSR count). The van der Waals surface area contributed by atoms with E-state index in [9.17, 15) is 13.2 Å². The minimum absolute atomic E-state index is 0.0625. The van der Waals surface area contributed by atoms with Crippen LogP contribution in [0.4, 0.5) is 16.2 Å². The number of urea groups is 1. The molecule has 0 atom stereocenters. The van der Waals surface area contributed by atoms with Crippen LogP contribution in [0.2, 0.25) is 10.0 Å². The number of benzene rings is 2. The Hall–Kier alpha value is -1.96. The zero-order chi connectivity index (χ0) is 19.9. The predicted octanol–water partition coefficient (Wildman–Crippen LogP) is 4.51. The largest absolute Gasteiger partial charge is 0.338 e. The van der Waals surface area contributed by atoms with Gasteiger partial charge < -0.3 is 10.6 Å². The Morgan fingerprint density at radius 3 is 2.33 bits per heavy atom. The maximum Gasteiger partial charge on any atom is 0.319 e. The summed E-state index contributed by atoms with van der Waals surface area (Å²) < 4.78 is 25.9. The first-order chi connectivity index (χ1) is 12.8. The molecule has 9 heteroatoms. The van der Waals surface area contributed by atoms with Gasteiger partial charge in [-0.1, -0.05) is 36.2 Å². The molecule has 2 aromatic carbocycles. The fourth-order valence-corrected chi connectivity index (χ4v) is 3.97. The fraction of sp³-hybridized carbons (Fsp3) is 0.278. The van der Waals surface area contributed by atoms with E-state index in [1.807, 2.05) is 6.07 Å². The number of halogens is 2. The SMILES string of the molecule is CCCS(=O)(=O)Nc1ccc(NC(=O)NCCc2ccc(Cl)cc2Cl)cc1. The van der Waals surface area contributed by atoms with Crippen molar-refractivity contribution in [3.05, 3.63) is 58.1 Å². The van der Waals surface area contributed by atoms with E-state index in [0.29, 0.717) is 40.8 Å². The van der Waals surface area contributed by atoms with Crippen LogP contribution in [-0.2, 0) is 16.4 Å². The van der Waals surface area contributed by atoms with E-state index in [0.717, 1.165) is 5.56 Å². The van der Waals surface area contributed by atoms with Crippen LogP contribution in [0.3, 0.4) is 0 Å². The molecule has 0 unspecified atom stereocenters. The summed E-state index contributed by atoms with van der Waals surface area (Å²) in [7, 11) is -3.33. The molecule has 0 heterocycles. The van der Waals surface area contributed by atoms with Crippen LogP contribution >= 0.6 is 23.2 Å². The number of sulfonamides is 1.